The fourth-order valence-electron chi connectivity index (χ4n) is 2.09. The van der Waals surface area contributed by atoms with E-state index in [9.17, 15) is 5.11 Å². The normalized spacial score (nSPS) is 27.4. The summed E-state index contributed by atoms with van der Waals surface area (Å²) in [6.07, 6.45) is 4.08. The summed E-state index contributed by atoms with van der Waals surface area (Å²) in [5.41, 5.74) is 1.27. The van der Waals surface area contributed by atoms with Crippen LogP contribution in [0.2, 0.25) is 0 Å². The Bertz CT molecular complexity index is 227. The maximum atomic E-state index is 9.26. The zero-order valence-electron chi connectivity index (χ0n) is 8.75. The molecule has 1 aliphatic rings. The number of hydrogen-bond acceptors (Lipinski definition) is 2. The SMILES string of the molecule is C=C1CCC(CC(=S)NC)C(CO)C1. The Labute approximate surface area is 91.4 Å². The Balaban J connectivity index is 2.50. The second-order valence-corrected chi connectivity index (χ2v) is 4.57. The second kappa shape index (κ2) is 5.47. The molecule has 1 fully saturated rings. The molecule has 80 valence electrons. The van der Waals surface area contributed by atoms with Crippen LogP contribution in [0.15, 0.2) is 12.2 Å². The lowest BCUT2D eigenvalue weighted by atomic mass is 9.76. The number of nitrogens with one attached hydrogen (secondary N) is 1. The first-order valence-corrected chi connectivity index (χ1v) is 5.56. The first kappa shape index (κ1) is 11.7. The van der Waals surface area contributed by atoms with E-state index in [0.717, 1.165) is 30.7 Å². The van der Waals surface area contributed by atoms with Gasteiger partial charge in [0.25, 0.3) is 0 Å². The molecule has 2 nitrogen and oxygen atoms in total. The summed E-state index contributed by atoms with van der Waals surface area (Å²) >= 11 is 5.15. The second-order valence-electron chi connectivity index (χ2n) is 4.07. The minimum atomic E-state index is 0.260. The van der Waals surface area contributed by atoms with Crippen LogP contribution in [-0.2, 0) is 0 Å². The summed E-state index contributed by atoms with van der Waals surface area (Å²) in [7, 11) is 1.86. The minimum Gasteiger partial charge on any atom is -0.396 e. The van der Waals surface area contributed by atoms with Crippen LogP contribution in [0.25, 0.3) is 0 Å². The first-order chi connectivity index (χ1) is 6.67. The highest BCUT2D eigenvalue weighted by Crippen LogP contribution is 2.34. The molecule has 0 aliphatic heterocycles. The molecular formula is C11H19NOS. The fraction of sp³-hybridized carbons (Fsp3) is 0.727. The third kappa shape index (κ3) is 3.07. The van der Waals surface area contributed by atoms with E-state index in [1.807, 2.05) is 7.05 Å². The van der Waals surface area contributed by atoms with Gasteiger partial charge in [-0.2, -0.15) is 0 Å². The standard InChI is InChI=1S/C11H19NOS/c1-8-3-4-9(6-11(14)12-2)10(5-8)7-13/h9-10,13H,1,3-7H2,2H3,(H,12,14). The van der Waals surface area contributed by atoms with Crippen molar-refractivity contribution in [3.63, 3.8) is 0 Å². The minimum absolute atomic E-state index is 0.260. The lowest BCUT2D eigenvalue weighted by Gasteiger charge is -2.31. The number of hydrogen-bond donors (Lipinski definition) is 2. The van der Waals surface area contributed by atoms with Gasteiger partial charge in [-0.3, -0.25) is 0 Å². The number of thiocarbonyl (C=S) groups is 1. The van der Waals surface area contributed by atoms with Crippen molar-refractivity contribution in [2.75, 3.05) is 13.7 Å². The Morgan fingerprint density at radius 2 is 2.36 bits per heavy atom. The Morgan fingerprint density at radius 3 is 2.93 bits per heavy atom. The molecule has 1 aliphatic carbocycles. The highest BCUT2D eigenvalue weighted by Gasteiger charge is 2.26. The number of aliphatic hydroxyl groups is 1. The van der Waals surface area contributed by atoms with E-state index in [0.29, 0.717) is 11.8 Å². The predicted octanol–water partition coefficient (Wildman–Crippen LogP) is 1.89. The van der Waals surface area contributed by atoms with E-state index in [1.54, 1.807) is 0 Å². The summed E-state index contributed by atoms with van der Waals surface area (Å²) in [4.78, 5) is 0.904. The van der Waals surface area contributed by atoms with Gasteiger partial charge in [0.15, 0.2) is 0 Å². The van der Waals surface area contributed by atoms with E-state index in [1.165, 1.54) is 5.57 Å². The van der Waals surface area contributed by atoms with Gasteiger partial charge >= 0.3 is 0 Å². The maximum Gasteiger partial charge on any atom is 0.0753 e. The van der Waals surface area contributed by atoms with E-state index >= 15 is 0 Å². The van der Waals surface area contributed by atoms with Crippen molar-refractivity contribution in [1.29, 1.82) is 0 Å². The molecule has 0 aromatic carbocycles. The molecule has 0 aromatic rings. The van der Waals surface area contributed by atoms with Crippen molar-refractivity contribution in [2.45, 2.75) is 25.7 Å². The fourth-order valence-corrected chi connectivity index (χ4v) is 2.30. The molecule has 2 atom stereocenters. The van der Waals surface area contributed by atoms with Crippen LogP contribution >= 0.6 is 12.2 Å². The van der Waals surface area contributed by atoms with Crippen LogP contribution in [0.4, 0.5) is 0 Å². The van der Waals surface area contributed by atoms with E-state index in [2.05, 4.69) is 11.9 Å². The van der Waals surface area contributed by atoms with E-state index < -0.39 is 0 Å². The van der Waals surface area contributed by atoms with Crippen molar-refractivity contribution < 1.29 is 5.11 Å². The van der Waals surface area contributed by atoms with Crippen molar-refractivity contribution in [3.8, 4) is 0 Å². The van der Waals surface area contributed by atoms with Crippen LogP contribution in [0.5, 0.6) is 0 Å². The molecule has 0 bridgehead atoms. The third-order valence-electron chi connectivity index (χ3n) is 3.05. The summed E-state index contributed by atoms with van der Waals surface area (Å²) in [6, 6.07) is 0. The van der Waals surface area contributed by atoms with E-state index in [4.69, 9.17) is 12.2 Å². The van der Waals surface area contributed by atoms with E-state index in [-0.39, 0.29) is 6.61 Å². The Morgan fingerprint density at radius 1 is 1.64 bits per heavy atom. The van der Waals surface area contributed by atoms with Gasteiger partial charge in [-0.25, -0.2) is 0 Å². The van der Waals surface area contributed by atoms with Crippen molar-refractivity contribution in [3.05, 3.63) is 12.2 Å². The van der Waals surface area contributed by atoms with Crippen LogP contribution < -0.4 is 5.32 Å². The lowest BCUT2D eigenvalue weighted by molar-refractivity contribution is 0.157. The monoisotopic (exact) mass is 213 g/mol. The van der Waals surface area contributed by atoms with Crippen LogP contribution in [0.1, 0.15) is 25.7 Å². The Hall–Kier alpha value is -0.410. The quantitative estimate of drug-likeness (QED) is 0.554. The largest absolute Gasteiger partial charge is 0.396 e. The molecule has 0 saturated heterocycles. The predicted molar refractivity (Wildman–Crippen MR) is 63.3 cm³/mol. The molecule has 1 saturated carbocycles. The highest BCUT2D eigenvalue weighted by atomic mass is 32.1. The number of aliphatic hydroxyl groups excluding tert-OH is 1. The third-order valence-corrected chi connectivity index (χ3v) is 3.42. The van der Waals surface area contributed by atoms with Gasteiger partial charge in [-0.15, -0.1) is 0 Å². The van der Waals surface area contributed by atoms with Crippen LogP contribution in [0, 0.1) is 11.8 Å². The van der Waals surface area contributed by atoms with Gasteiger partial charge in [0.05, 0.1) is 4.99 Å². The molecule has 3 heteroatoms. The van der Waals surface area contributed by atoms with Crippen LogP contribution in [-0.4, -0.2) is 23.7 Å². The molecular weight excluding hydrogens is 194 g/mol. The van der Waals surface area contributed by atoms with Gasteiger partial charge in [-0.05, 0) is 31.1 Å². The Kier molecular flexibility index (Phi) is 4.55. The molecule has 0 spiro atoms. The topological polar surface area (TPSA) is 32.3 Å². The average Bonchev–Trinajstić information content (AvgIpc) is 2.20. The molecule has 0 aromatic heterocycles. The van der Waals surface area contributed by atoms with Gasteiger partial charge in [0, 0.05) is 20.1 Å². The summed E-state index contributed by atoms with van der Waals surface area (Å²) in [6.45, 7) is 4.25. The molecule has 0 radical (unpaired) electrons. The van der Waals surface area contributed by atoms with Crippen molar-refractivity contribution >= 4 is 17.2 Å². The van der Waals surface area contributed by atoms with Gasteiger partial charge in [-0.1, -0.05) is 24.4 Å². The molecule has 2 N–H and O–H groups in total. The van der Waals surface area contributed by atoms with Gasteiger partial charge < -0.3 is 10.4 Å². The molecule has 2 unspecified atom stereocenters. The van der Waals surface area contributed by atoms with Gasteiger partial charge in [0.2, 0.25) is 0 Å². The van der Waals surface area contributed by atoms with Crippen molar-refractivity contribution in [1.82, 2.24) is 5.32 Å². The molecule has 14 heavy (non-hydrogen) atoms. The zero-order chi connectivity index (χ0) is 10.6. The maximum absolute atomic E-state index is 9.26. The summed E-state index contributed by atoms with van der Waals surface area (Å²) in [5.74, 6) is 0.896. The highest BCUT2D eigenvalue weighted by molar-refractivity contribution is 7.80. The van der Waals surface area contributed by atoms with Crippen LogP contribution in [0.3, 0.4) is 0 Å². The number of rotatable bonds is 3. The molecule has 0 heterocycles. The average molecular weight is 213 g/mol. The first-order valence-electron chi connectivity index (χ1n) is 5.15. The zero-order valence-corrected chi connectivity index (χ0v) is 9.57. The molecule has 1 rings (SSSR count). The molecule has 0 amide bonds. The lowest BCUT2D eigenvalue weighted by Crippen LogP contribution is -2.28. The van der Waals surface area contributed by atoms with Crippen molar-refractivity contribution in [2.24, 2.45) is 11.8 Å². The smallest absolute Gasteiger partial charge is 0.0753 e. The van der Waals surface area contributed by atoms with Gasteiger partial charge in [0.1, 0.15) is 0 Å². The number of allylic oxidation sites excluding steroid dienone is 1. The summed E-state index contributed by atoms with van der Waals surface area (Å²) < 4.78 is 0. The summed E-state index contributed by atoms with van der Waals surface area (Å²) in [5, 5.41) is 12.3.